The highest BCUT2D eigenvalue weighted by Crippen LogP contribution is 2.37. The molecule has 0 bridgehead atoms. The van der Waals surface area contributed by atoms with Crippen LogP contribution < -0.4 is 21.1 Å². The number of anilines is 2. The Labute approximate surface area is 351 Å². The minimum absolute atomic E-state index is 0.0186. The van der Waals surface area contributed by atoms with Crippen molar-refractivity contribution >= 4 is 40.5 Å². The summed E-state index contributed by atoms with van der Waals surface area (Å²) in [7, 11) is 1.79. The van der Waals surface area contributed by atoms with E-state index < -0.39 is 11.8 Å². The predicted octanol–water partition coefficient (Wildman–Crippen LogP) is 5.99. The largest absolute Gasteiger partial charge is 0.351 e. The van der Waals surface area contributed by atoms with Gasteiger partial charge in [-0.25, -0.2) is 23.5 Å². The zero-order valence-corrected chi connectivity index (χ0v) is 34.2. The van der Waals surface area contributed by atoms with Gasteiger partial charge in [0.2, 0.25) is 17.8 Å². The third-order valence-corrected chi connectivity index (χ3v) is 13.1. The second-order valence-corrected chi connectivity index (χ2v) is 17.0. The Bertz CT molecular complexity index is 2520. The topological polar surface area (TPSA) is 151 Å². The van der Waals surface area contributed by atoms with Crippen LogP contribution in [0.4, 0.5) is 25.3 Å². The Morgan fingerprint density at radius 2 is 1.66 bits per heavy atom. The van der Waals surface area contributed by atoms with Crippen molar-refractivity contribution in [1.29, 1.82) is 0 Å². The van der Waals surface area contributed by atoms with E-state index in [0.717, 1.165) is 89.6 Å². The molecule has 4 amide bonds. The van der Waals surface area contributed by atoms with Gasteiger partial charge in [0.1, 0.15) is 11.5 Å². The van der Waals surface area contributed by atoms with Crippen LogP contribution in [0.25, 0.3) is 27.8 Å². The number of likely N-dealkylation sites (tertiary alicyclic amines) is 2. The van der Waals surface area contributed by atoms with E-state index in [9.17, 15) is 19.2 Å². The number of aryl methyl sites for hydroxylation is 1. The van der Waals surface area contributed by atoms with Gasteiger partial charge in [0.05, 0.1) is 11.7 Å². The number of carbonyl (C=O) groups excluding carboxylic acids is 3. The summed E-state index contributed by atoms with van der Waals surface area (Å²) in [6, 6.07) is 14.8. The van der Waals surface area contributed by atoms with Crippen molar-refractivity contribution in [3.8, 4) is 16.9 Å². The fourth-order valence-electron chi connectivity index (χ4n) is 9.69. The molecule has 3 aliphatic heterocycles. The molecule has 3 saturated heterocycles. The van der Waals surface area contributed by atoms with Crippen molar-refractivity contribution in [3.63, 3.8) is 0 Å². The van der Waals surface area contributed by atoms with E-state index in [1.54, 1.807) is 54.3 Å². The molecule has 3 aromatic heterocycles. The standard InChI is InChI=1S/C45H50F2N10O4/c1-53-38-25-34(36(46)24-35(38)42(52-53)57-22-16-39(58)50-45(57)61)29-14-18-54(19-15-29)27-28-12-20-55(21-13-28)43(60)30-8-10-32(11-9-30)49-44-48-26-37(47)41(51-44)31-5-4-6-33(23-31)56-17-3-2-7-40(56)59/h2-7,17,23-26,28-30,32H,8-16,18-22,27H2,1H3,(H,48,49,51)(H,50,58,61). The van der Waals surface area contributed by atoms with Crippen LogP contribution in [0.3, 0.4) is 0 Å². The van der Waals surface area contributed by atoms with E-state index in [0.29, 0.717) is 39.9 Å². The fourth-order valence-corrected chi connectivity index (χ4v) is 9.69. The lowest BCUT2D eigenvalue weighted by Gasteiger charge is -2.39. The summed E-state index contributed by atoms with van der Waals surface area (Å²) in [5.74, 6) is 0.317. The number of nitrogens with zero attached hydrogens (tertiary/aromatic N) is 8. The molecule has 0 radical (unpaired) electrons. The number of hydrogen-bond acceptors (Lipinski definition) is 9. The number of piperidine rings is 2. The molecular formula is C45H50F2N10O4. The number of halogens is 2. The van der Waals surface area contributed by atoms with Crippen LogP contribution in [0, 0.1) is 23.5 Å². The minimum Gasteiger partial charge on any atom is -0.351 e. The molecule has 14 nitrogen and oxygen atoms in total. The number of fused-ring (bicyclic) bond motifs is 1. The summed E-state index contributed by atoms with van der Waals surface area (Å²) in [5.41, 5.74) is 2.54. The number of benzene rings is 2. The zero-order chi connectivity index (χ0) is 42.2. The van der Waals surface area contributed by atoms with Gasteiger partial charge in [-0.1, -0.05) is 18.2 Å². The molecule has 0 atom stereocenters. The average Bonchev–Trinajstić information content (AvgIpc) is 3.58. The Morgan fingerprint density at radius 1 is 0.869 bits per heavy atom. The Kier molecular flexibility index (Phi) is 11.4. The number of aromatic nitrogens is 5. The fraction of sp³-hybridized carbons (Fsp3) is 0.444. The smallest absolute Gasteiger partial charge is 0.329 e. The SMILES string of the molecule is Cn1nc(N2CCC(=O)NC2=O)c2cc(F)c(C3CCN(CC4CCN(C(=O)C5CCC(Nc6ncc(F)c(-c7cccc(-n8ccccc8=O)c7)n6)CC5)CC4)CC3)cc21. The molecule has 0 spiro atoms. The van der Waals surface area contributed by atoms with E-state index in [2.05, 4.69) is 30.6 Å². The monoisotopic (exact) mass is 832 g/mol. The number of carbonyl (C=O) groups is 3. The maximum atomic E-state index is 15.7. The highest BCUT2D eigenvalue weighted by atomic mass is 19.1. The molecule has 6 heterocycles. The summed E-state index contributed by atoms with van der Waals surface area (Å²) in [6.45, 7) is 4.46. The third kappa shape index (κ3) is 8.50. The number of hydrogen-bond donors (Lipinski definition) is 2. The summed E-state index contributed by atoms with van der Waals surface area (Å²) in [6.07, 6.45) is 9.73. The minimum atomic E-state index is -0.554. The van der Waals surface area contributed by atoms with Gasteiger partial charge in [-0.3, -0.25) is 33.8 Å². The summed E-state index contributed by atoms with van der Waals surface area (Å²) in [4.78, 5) is 64.8. The van der Waals surface area contributed by atoms with Crippen molar-refractivity contribution in [1.82, 2.24) is 39.4 Å². The molecule has 4 fully saturated rings. The quantitative estimate of drug-likeness (QED) is 0.183. The highest BCUT2D eigenvalue weighted by Gasteiger charge is 2.34. The number of imide groups is 1. The third-order valence-electron chi connectivity index (χ3n) is 13.1. The summed E-state index contributed by atoms with van der Waals surface area (Å²) < 4.78 is 33.9. The lowest BCUT2D eigenvalue weighted by Crippen LogP contribution is -2.49. The maximum absolute atomic E-state index is 15.7. The first-order valence-electron chi connectivity index (χ1n) is 21.4. The van der Waals surface area contributed by atoms with Gasteiger partial charge in [0.15, 0.2) is 11.6 Å². The first-order chi connectivity index (χ1) is 29.6. The average molecular weight is 833 g/mol. The van der Waals surface area contributed by atoms with Gasteiger partial charge in [0.25, 0.3) is 5.56 Å². The number of rotatable bonds is 9. The highest BCUT2D eigenvalue weighted by molar-refractivity contribution is 6.08. The first-order valence-corrected chi connectivity index (χ1v) is 21.4. The lowest BCUT2D eigenvalue weighted by atomic mass is 9.84. The second kappa shape index (κ2) is 17.1. The van der Waals surface area contributed by atoms with Gasteiger partial charge in [-0.15, -0.1) is 0 Å². The van der Waals surface area contributed by atoms with E-state index in [4.69, 9.17) is 0 Å². The lowest BCUT2D eigenvalue weighted by molar-refractivity contribution is -0.138. The number of nitrogens with one attached hydrogen (secondary N) is 2. The Hall–Kier alpha value is -6.03. The van der Waals surface area contributed by atoms with Crippen LogP contribution in [0.1, 0.15) is 69.3 Å². The van der Waals surface area contributed by atoms with E-state index in [-0.39, 0.29) is 59.7 Å². The molecule has 4 aliphatic rings. The van der Waals surface area contributed by atoms with Crippen LogP contribution >= 0.6 is 0 Å². The van der Waals surface area contributed by atoms with Crippen molar-refractivity contribution < 1.29 is 23.2 Å². The van der Waals surface area contributed by atoms with Crippen LogP contribution in [0.15, 0.2) is 71.8 Å². The Morgan fingerprint density at radius 3 is 2.41 bits per heavy atom. The van der Waals surface area contributed by atoms with Crippen molar-refractivity contribution in [2.75, 3.05) is 49.5 Å². The van der Waals surface area contributed by atoms with E-state index in [1.165, 1.54) is 27.8 Å². The number of amides is 4. The molecular weight excluding hydrogens is 783 g/mol. The zero-order valence-electron chi connectivity index (χ0n) is 34.2. The van der Waals surface area contributed by atoms with Crippen molar-refractivity contribution in [2.24, 2.45) is 18.9 Å². The normalized spacial score (nSPS) is 20.9. The predicted molar refractivity (Wildman–Crippen MR) is 226 cm³/mol. The second-order valence-electron chi connectivity index (χ2n) is 17.0. The van der Waals surface area contributed by atoms with Crippen LogP contribution in [0.5, 0.6) is 0 Å². The van der Waals surface area contributed by atoms with Gasteiger partial charge in [-0.05, 0) is 112 Å². The van der Waals surface area contributed by atoms with Gasteiger partial charge in [-0.2, -0.15) is 5.10 Å². The van der Waals surface area contributed by atoms with Gasteiger partial charge in [0, 0.05) is 80.5 Å². The molecule has 1 saturated carbocycles. The van der Waals surface area contributed by atoms with Crippen molar-refractivity contribution in [3.05, 3.63) is 94.5 Å². The molecule has 0 unspecified atom stereocenters. The molecule has 1 aliphatic carbocycles. The van der Waals surface area contributed by atoms with Gasteiger partial charge < -0.3 is 15.1 Å². The number of pyridine rings is 1. The molecule has 5 aromatic rings. The van der Waals surface area contributed by atoms with E-state index >= 15 is 8.78 Å². The van der Waals surface area contributed by atoms with Gasteiger partial charge >= 0.3 is 6.03 Å². The Balaban J connectivity index is 0.729. The number of urea groups is 1. The molecule has 318 valence electrons. The first kappa shape index (κ1) is 40.4. The summed E-state index contributed by atoms with van der Waals surface area (Å²) >= 11 is 0. The molecule has 2 N–H and O–H groups in total. The van der Waals surface area contributed by atoms with E-state index in [1.807, 2.05) is 11.0 Å². The molecule has 61 heavy (non-hydrogen) atoms. The molecule has 16 heteroatoms. The maximum Gasteiger partial charge on any atom is 0.329 e. The summed E-state index contributed by atoms with van der Waals surface area (Å²) in [5, 5.41) is 10.8. The van der Waals surface area contributed by atoms with Crippen LogP contribution in [0.2, 0.25) is 0 Å². The molecule has 2 aromatic carbocycles. The van der Waals surface area contributed by atoms with Crippen LogP contribution in [-0.2, 0) is 16.6 Å². The van der Waals surface area contributed by atoms with Crippen LogP contribution in [-0.4, -0.2) is 97.3 Å². The molecule has 9 rings (SSSR count). The van der Waals surface area contributed by atoms with Crippen molar-refractivity contribution in [2.45, 2.75) is 69.7 Å².